The van der Waals surface area contributed by atoms with Crippen LogP contribution in [0.3, 0.4) is 0 Å². The molecule has 0 fully saturated rings. The Morgan fingerprint density at radius 1 is 0.917 bits per heavy atom. The van der Waals surface area contributed by atoms with E-state index < -0.39 is 20.8 Å². The molecule has 0 saturated heterocycles. The number of rotatable bonds is 6. The van der Waals surface area contributed by atoms with Gasteiger partial charge >= 0.3 is 37.9 Å². The number of hydrogen-bond acceptors (Lipinski definition) is 0. The summed E-state index contributed by atoms with van der Waals surface area (Å²) >= 11 is -0.826. The van der Waals surface area contributed by atoms with Gasteiger partial charge in [0.2, 0.25) is 0 Å². The molecule has 0 bridgehead atoms. The van der Waals surface area contributed by atoms with E-state index in [9.17, 15) is 0 Å². The zero-order chi connectivity index (χ0) is 17.2. The van der Waals surface area contributed by atoms with E-state index in [1.165, 1.54) is 59.6 Å². The van der Waals surface area contributed by atoms with Gasteiger partial charge in [-0.2, -0.15) is 6.07 Å². The first-order valence-electron chi connectivity index (χ1n) is 8.50. The Morgan fingerprint density at radius 2 is 1.67 bits per heavy atom. The number of aryl methyl sites for hydroxylation is 1. The third kappa shape index (κ3) is 5.80. The Labute approximate surface area is 164 Å². The van der Waals surface area contributed by atoms with Crippen molar-refractivity contribution in [3.05, 3.63) is 66.2 Å². The maximum absolute atomic E-state index is 4.93. The van der Waals surface area contributed by atoms with Gasteiger partial charge in [0.05, 0.1) is 0 Å². The Balaban J connectivity index is 0.000000647. The van der Waals surface area contributed by atoms with Crippen LogP contribution in [0.15, 0.2) is 60.7 Å². The Bertz CT molecular complexity index is 719. The molecule has 0 saturated carbocycles. The van der Waals surface area contributed by atoms with Crippen LogP contribution in [0.2, 0.25) is 0 Å². The molecule has 0 atom stereocenters. The van der Waals surface area contributed by atoms with Crippen LogP contribution in [0.25, 0.3) is 21.9 Å². The van der Waals surface area contributed by atoms with Gasteiger partial charge in [-0.25, -0.2) is 0 Å². The zero-order valence-electron chi connectivity index (χ0n) is 14.1. The van der Waals surface area contributed by atoms with Crippen molar-refractivity contribution in [2.24, 2.45) is 0 Å². The first-order valence-corrected chi connectivity index (χ1v) is 14.8. The van der Waals surface area contributed by atoms with Crippen LogP contribution in [0.4, 0.5) is 0 Å². The summed E-state index contributed by atoms with van der Waals surface area (Å²) in [6.07, 6.45) is 6.54. The number of unbranched alkanes of at least 4 members (excludes halogenated alkanes) is 3. The van der Waals surface area contributed by atoms with E-state index in [0.717, 1.165) is 0 Å². The van der Waals surface area contributed by atoms with Crippen molar-refractivity contribution in [1.29, 1.82) is 0 Å². The van der Waals surface area contributed by atoms with Crippen LogP contribution in [-0.4, -0.2) is 0 Å². The summed E-state index contributed by atoms with van der Waals surface area (Å²) < 4.78 is 0. The molecule has 0 unspecified atom stereocenters. The van der Waals surface area contributed by atoms with Crippen molar-refractivity contribution in [3.8, 4) is 11.1 Å². The third-order valence-electron chi connectivity index (χ3n) is 4.21. The molecule has 3 aromatic carbocycles. The SMILES string of the molecule is CCCCCCc1cc2c(-c3ccccc3)cccc2[cH-]1.[Cl][Zr][Cl]. The number of halogens is 2. The van der Waals surface area contributed by atoms with Crippen LogP contribution >= 0.6 is 17.0 Å². The molecule has 0 spiro atoms. The Hall–Kier alpha value is -0.487. The molecule has 3 aromatic rings. The average Bonchev–Trinajstić information content (AvgIpc) is 3.03. The zero-order valence-corrected chi connectivity index (χ0v) is 18.0. The van der Waals surface area contributed by atoms with E-state index in [-0.39, 0.29) is 0 Å². The summed E-state index contributed by atoms with van der Waals surface area (Å²) in [5, 5.41) is 2.77. The molecule has 3 rings (SSSR count). The van der Waals surface area contributed by atoms with Crippen molar-refractivity contribution in [3.63, 3.8) is 0 Å². The second-order valence-electron chi connectivity index (χ2n) is 5.92. The summed E-state index contributed by atoms with van der Waals surface area (Å²) in [5.41, 5.74) is 4.16. The first-order chi connectivity index (χ1) is 11.8. The van der Waals surface area contributed by atoms with Crippen LogP contribution in [0, 0.1) is 0 Å². The Morgan fingerprint density at radius 3 is 2.38 bits per heavy atom. The van der Waals surface area contributed by atoms with E-state index in [4.69, 9.17) is 17.0 Å². The van der Waals surface area contributed by atoms with Crippen LogP contribution in [0.1, 0.15) is 38.2 Å². The summed E-state index contributed by atoms with van der Waals surface area (Å²) in [5.74, 6) is 0. The molecule has 0 aliphatic rings. The van der Waals surface area contributed by atoms with Gasteiger partial charge in [0.15, 0.2) is 0 Å². The minimum atomic E-state index is -0.826. The van der Waals surface area contributed by atoms with E-state index >= 15 is 0 Å². The molecule has 0 aliphatic carbocycles. The first kappa shape index (κ1) is 19.8. The normalized spacial score (nSPS) is 10.3. The molecule has 0 heterocycles. The monoisotopic (exact) mass is 435 g/mol. The molecule has 0 radical (unpaired) electrons. The van der Waals surface area contributed by atoms with Crippen LogP contribution in [0.5, 0.6) is 0 Å². The minimum absolute atomic E-state index is 0.826. The van der Waals surface area contributed by atoms with Gasteiger partial charge in [0.25, 0.3) is 0 Å². The predicted octanol–water partition coefficient (Wildman–Crippen LogP) is 7.73. The van der Waals surface area contributed by atoms with Crippen LogP contribution in [-0.2, 0) is 27.3 Å². The standard InChI is InChI=1S/C21H23.2ClH.Zr/c1-2-3-4-6-10-17-15-19-13-9-14-20(21(19)16-17)18-11-7-5-8-12-18;;;/h5,7-9,11-16H,2-4,6,10H2,1H3;2*1H;/q-1;;;+2/p-2. The summed E-state index contributed by atoms with van der Waals surface area (Å²) in [6.45, 7) is 2.27. The second kappa shape index (κ2) is 11.2. The molecular formula is C21H23Cl2Zr-. The molecule has 24 heavy (non-hydrogen) atoms. The van der Waals surface area contributed by atoms with Gasteiger partial charge in [-0.05, 0) is 12.0 Å². The molecule has 0 aromatic heterocycles. The molecule has 126 valence electrons. The molecule has 3 heteroatoms. The van der Waals surface area contributed by atoms with Gasteiger partial charge < -0.3 is 0 Å². The average molecular weight is 438 g/mol. The maximum atomic E-state index is 4.93. The van der Waals surface area contributed by atoms with Gasteiger partial charge in [-0.1, -0.05) is 74.6 Å². The molecule has 0 N–H and O–H groups in total. The fourth-order valence-corrected chi connectivity index (χ4v) is 3.07. The van der Waals surface area contributed by atoms with Crippen molar-refractivity contribution < 1.29 is 20.8 Å². The van der Waals surface area contributed by atoms with E-state index in [1.54, 1.807) is 0 Å². The van der Waals surface area contributed by atoms with Crippen molar-refractivity contribution in [2.45, 2.75) is 39.0 Å². The topological polar surface area (TPSA) is 0 Å². The number of benzene rings is 2. The summed E-state index contributed by atoms with van der Waals surface area (Å²) in [4.78, 5) is 0. The van der Waals surface area contributed by atoms with Crippen molar-refractivity contribution in [1.82, 2.24) is 0 Å². The molecule has 0 nitrogen and oxygen atoms in total. The molecule has 0 aliphatic heterocycles. The van der Waals surface area contributed by atoms with Gasteiger partial charge in [0, 0.05) is 0 Å². The molecular weight excluding hydrogens is 414 g/mol. The fraction of sp³-hybridized carbons (Fsp3) is 0.286. The fourth-order valence-electron chi connectivity index (χ4n) is 3.07. The van der Waals surface area contributed by atoms with Crippen molar-refractivity contribution >= 4 is 27.8 Å². The predicted molar refractivity (Wildman–Crippen MR) is 105 cm³/mol. The van der Waals surface area contributed by atoms with E-state index in [2.05, 4.69) is 67.6 Å². The van der Waals surface area contributed by atoms with Crippen LogP contribution < -0.4 is 0 Å². The second-order valence-corrected chi connectivity index (χ2v) is 9.65. The quantitative estimate of drug-likeness (QED) is 0.273. The number of fused-ring (bicyclic) bond motifs is 1. The van der Waals surface area contributed by atoms with Crippen molar-refractivity contribution in [2.75, 3.05) is 0 Å². The Kier molecular flexibility index (Phi) is 9.25. The van der Waals surface area contributed by atoms with E-state index in [1.807, 2.05) is 0 Å². The van der Waals surface area contributed by atoms with Gasteiger partial charge in [-0.3, -0.25) is 0 Å². The summed E-state index contributed by atoms with van der Waals surface area (Å²) in [6, 6.07) is 22.1. The third-order valence-corrected chi connectivity index (χ3v) is 4.21. The van der Waals surface area contributed by atoms with Gasteiger partial charge in [0.1, 0.15) is 0 Å². The van der Waals surface area contributed by atoms with Gasteiger partial charge in [-0.15, -0.1) is 34.5 Å². The molecule has 0 amide bonds. The number of hydrogen-bond donors (Lipinski definition) is 0. The summed E-state index contributed by atoms with van der Waals surface area (Å²) in [7, 11) is 9.87. The van der Waals surface area contributed by atoms with E-state index in [0.29, 0.717) is 0 Å².